The van der Waals surface area contributed by atoms with Gasteiger partial charge in [0.2, 0.25) is 5.91 Å². The molecule has 5 nitrogen and oxygen atoms in total. The van der Waals surface area contributed by atoms with E-state index in [4.69, 9.17) is 0 Å². The van der Waals surface area contributed by atoms with Gasteiger partial charge in [0.25, 0.3) is 11.8 Å². The molecular formula is C20H26N2O3. The van der Waals surface area contributed by atoms with Crippen LogP contribution in [0.15, 0.2) is 24.3 Å². The first kappa shape index (κ1) is 17.6. The van der Waals surface area contributed by atoms with Crippen molar-refractivity contribution in [3.63, 3.8) is 0 Å². The maximum absolute atomic E-state index is 13.3. The minimum absolute atomic E-state index is 0.0713. The van der Waals surface area contributed by atoms with E-state index in [-0.39, 0.29) is 23.6 Å². The predicted octanol–water partition coefficient (Wildman–Crippen LogP) is 3.10. The topological polar surface area (TPSA) is 57.7 Å². The standard InChI is InChI=1S/C20H26N2O3/c1-3-14(2)17(20(25)21-12-8-4-5-9-13-21)22-18(23)15-10-6-7-11-16(15)19(22)24/h6-7,10-11,14,17H,3-5,8-9,12-13H2,1-2H3. The summed E-state index contributed by atoms with van der Waals surface area (Å²) in [5.41, 5.74) is 0.814. The van der Waals surface area contributed by atoms with Crippen LogP contribution in [0.1, 0.15) is 66.7 Å². The van der Waals surface area contributed by atoms with Crippen LogP contribution < -0.4 is 0 Å². The second kappa shape index (κ2) is 7.38. The van der Waals surface area contributed by atoms with Gasteiger partial charge in [0.15, 0.2) is 0 Å². The second-order valence-corrected chi connectivity index (χ2v) is 7.10. The third kappa shape index (κ3) is 3.20. The van der Waals surface area contributed by atoms with Gasteiger partial charge >= 0.3 is 0 Å². The summed E-state index contributed by atoms with van der Waals surface area (Å²) in [5, 5.41) is 0. The van der Waals surface area contributed by atoms with E-state index in [1.165, 1.54) is 4.90 Å². The number of imide groups is 1. The van der Waals surface area contributed by atoms with Crippen molar-refractivity contribution in [2.24, 2.45) is 5.92 Å². The monoisotopic (exact) mass is 342 g/mol. The minimum Gasteiger partial charge on any atom is -0.341 e. The molecule has 0 N–H and O–H groups in total. The summed E-state index contributed by atoms with van der Waals surface area (Å²) >= 11 is 0. The molecule has 25 heavy (non-hydrogen) atoms. The van der Waals surface area contributed by atoms with E-state index >= 15 is 0 Å². The third-order valence-corrected chi connectivity index (χ3v) is 5.46. The summed E-state index contributed by atoms with van der Waals surface area (Å²) in [6, 6.07) is 6.12. The molecule has 1 fully saturated rings. The highest BCUT2D eigenvalue weighted by Gasteiger charge is 2.45. The van der Waals surface area contributed by atoms with Gasteiger partial charge in [-0.1, -0.05) is 45.2 Å². The first-order chi connectivity index (χ1) is 12.1. The Hall–Kier alpha value is -2.17. The lowest BCUT2D eigenvalue weighted by Crippen LogP contribution is -2.54. The lowest BCUT2D eigenvalue weighted by molar-refractivity contribution is -0.137. The molecule has 2 unspecified atom stereocenters. The van der Waals surface area contributed by atoms with Gasteiger partial charge < -0.3 is 4.90 Å². The number of carbonyl (C=O) groups excluding carboxylic acids is 3. The summed E-state index contributed by atoms with van der Waals surface area (Å²) in [7, 11) is 0. The minimum atomic E-state index is -0.713. The smallest absolute Gasteiger partial charge is 0.262 e. The Morgan fingerprint density at radius 1 is 1.00 bits per heavy atom. The van der Waals surface area contributed by atoms with Crippen LogP contribution in [0.2, 0.25) is 0 Å². The Morgan fingerprint density at radius 3 is 2.00 bits per heavy atom. The number of carbonyl (C=O) groups is 3. The van der Waals surface area contributed by atoms with E-state index in [0.717, 1.165) is 45.2 Å². The summed E-state index contributed by atoms with van der Waals surface area (Å²) in [5.74, 6) is -0.827. The zero-order valence-electron chi connectivity index (χ0n) is 15.0. The van der Waals surface area contributed by atoms with Crippen molar-refractivity contribution in [3.05, 3.63) is 35.4 Å². The van der Waals surface area contributed by atoms with Crippen molar-refractivity contribution in [2.45, 2.75) is 52.0 Å². The van der Waals surface area contributed by atoms with Crippen LogP contribution in [0, 0.1) is 5.92 Å². The molecule has 0 bridgehead atoms. The SMILES string of the molecule is CCC(C)C(C(=O)N1CCCCCC1)N1C(=O)c2ccccc2C1=O. The molecule has 2 aliphatic rings. The normalized spacial score (nSPS) is 20.2. The molecule has 2 aliphatic heterocycles. The summed E-state index contributed by atoms with van der Waals surface area (Å²) in [4.78, 5) is 42.0. The molecule has 5 heteroatoms. The number of amides is 3. The molecule has 2 heterocycles. The van der Waals surface area contributed by atoms with Crippen LogP contribution in [0.3, 0.4) is 0 Å². The van der Waals surface area contributed by atoms with E-state index < -0.39 is 6.04 Å². The maximum atomic E-state index is 13.3. The van der Waals surface area contributed by atoms with Gasteiger partial charge in [-0.25, -0.2) is 0 Å². The molecule has 134 valence electrons. The zero-order valence-corrected chi connectivity index (χ0v) is 15.0. The van der Waals surface area contributed by atoms with Crippen LogP contribution in [-0.2, 0) is 4.79 Å². The van der Waals surface area contributed by atoms with Gasteiger partial charge in [-0.2, -0.15) is 0 Å². The van der Waals surface area contributed by atoms with E-state index in [9.17, 15) is 14.4 Å². The predicted molar refractivity (Wildman–Crippen MR) is 95.2 cm³/mol. The number of hydrogen-bond acceptors (Lipinski definition) is 3. The summed E-state index contributed by atoms with van der Waals surface area (Å²) in [6.45, 7) is 5.37. The van der Waals surface area contributed by atoms with Crippen LogP contribution in [0.25, 0.3) is 0 Å². The van der Waals surface area contributed by atoms with Gasteiger partial charge in [0, 0.05) is 13.1 Å². The average molecular weight is 342 g/mol. The third-order valence-electron chi connectivity index (χ3n) is 5.46. The van der Waals surface area contributed by atoms with Gasteiger partial charge in [-0.3, -0.25) is 19.3 Å². The Bertz CT molecular complexity index is 642. The van der Waals surface area contributed by atoms with Gasteiger partial charge in [0.1, 0.15) is 6.04 Å². The molecule has 3 rings (SSSR count). The number of benzene rings is 1. The van der Waals surface area contributed by atoms with Crippen molar-refractivity contribution >= 4 is 17.7 Å². The molecular weight excluding hydrogens is 316 g/mol. The summed E-state index contributed by atoms with van der Waals surface area (Å²) < 4.78 is 0. The fraction of sp³-hybridized carbons (Fsp3) is 0.550. The molecule has 1 aromatic carbocycles. The van der Waals surface area contributed by atoms with Crippen molar-refractivity contribution < 1.29 is 14.4 Å². The maximum Gasteiger partial charge on any atom is 0.262 e. The molecule has 0 aliphatic carbocycles. The summed E-state index contributed by atoms with van der Waals surface area (Å²) in [6.07, 6.45) is 4.97. The second-order valence-electron chi connectivity index (χ2n) is 7.10. The number of fused-ring (bicyclic) bond motifs is 1. The molecule has 3 amide bonds. The number of likely N-dealkylation sites (tertiary alicyclic amines) is 1. The fourth-order valence-corrected chi connectivity index (χ4v) is 3.77. The van der Waals surface area contributed by atoms with Crippen molar-refractivity contribution in [3.8, 4) is 0 Å². The Balaban J connectivity index is 1.93. The number of rotatable bonds is 4. The van der Waals surface area contributed by atoms with Gasteiger partial charge in [-0.15, -0.1) is 0 Å². The van der Waals surface area contributed by atoms with E-state index in [0.29, 0.717) is 11.1 Å². The molecule has 1 aromatic rings. The van der Waals surface area contributed by atoms with Crippen molar-refractivity contribution in [1.29, 1.82) is 0 Å². The van der Waals surface area contributed by atoms with Gasteiger partial charge in [0.05, 0.1) is 11.1 Å². The zero-order chi connectivity index (χ0) is 18.0. The van der Waals surface area contributed by atoms with E-state index in [1.54, 1.807) is 24.3 Å². The largest absolute Gasteiger partial charge is 0.341 e. The van der Waals surface area contributed by atoms with Gasteiger partial charge in [-0.05, 0) is 30.9 Å². The molecule has 0 aromatic heterocycles. The fourth-order valence-electron chi connectivity index (χ4n) is 3.77. The van der Waals surface area contributed by atoms with Crippen LogP contribution in [0.5, 0.6) is 0 Å². The molecule has 0 spiro atoms. The molecule has 0 saturated carbocycles. The van der Waals surface area contributed by atoms with Crippen molar-refractivity contribution in [1.82, 2.24) is 9.80 Å². The van der Waals surface area contributed by atoms with Crippen LogP contribution >= 0.6 is 0 Å². The lowest BCUT2D eigenvalue weighted by atomic mass is 9.96. The molecule has 1 saturated heterocycles. The Labute approximate surface area is 149 Å². The quantitative estimate of drug-likeness (QED) is 0.790. The average Bonchev–Trinajstić information content (AvgIpc) is 2.83. The van der Waals surface area contributed by atoms with Crippen LogP contribution in [-0.4, -0.2) is 46.7 Å². The molecule has 2 atom stereocenters. The van der Waals surface area contributed by atoms with Crippen LogP contribution in [0.4, 0.5) is 0 Å². The number of nitrogens with zero attached hydrogens (tertiary/aromatic N) is 2. The highest BCUT2D eigenvalue weighted by molar-refractivity contribution is 6.22. The first-order valence-electron chi connectivity index (χ1n) is 9.32. The molecule has 0 radical (unpaired) electrons. The van der Waals surface area contributed by atoms with Crippen molar-refractivity contribution in [2.75, 3.05) is 13.1 Å². The highest BCUT2D eigenvalue weighted by Crippen LogP contribution is 2.29. The highest BCUT2D eigenvalue weighted by atomic mass is 16.2. The number of hydrogen-bond donors (Lipinski definition) is 0. The van der Waals surface area contributed by atoms with E-state index in [1.807, 2.05) is 18.7 Å². The Kier molecular flexibility index (Phi) is 5.21. The van der Waals surface area contributed by atoms with E-state index in [2.05, 4.69) is 0 Å². The lowest BCUT2D eigenvalue weighted by Gasteiger charge is -2.34. The first-order valence-corrected chi connectivity index (χ1v) is 9.32. The Morgan fingerprint density at radius 2 is 1.52 bits per heavy atom.